The van der Waals surface area contributed by atoms with E-state index >= 15 is 0 Å². The van der Waals surface area contributed by atoms with E-state index in [2.05, 4.69) is 16.5 Å². The third kappa shape index (κ3) is 2.60. The summed E-state index contributed by atoms with van der Waals surface area (Å²) in [7, 11) is 0. The van der Waals surface area contributed by atoms with Crippen molar-refractivity contribution in [3.63, 3.8) is 0 Å². The second kappa shape index (κ2) is 5.64. The van der Waals surface area contributed by atoms with Crippen LogP contribution in [0, 0.1) is 24.2 Å². The molecule has 2 aromatic rings. The topological polar surface area (TPSA) is 70.7 Å². The molecule has 22 heavy (non-hydrogen) atoms. The third-order valence-corrected chi connectivity index (χ3v) is 4.15. The Bertz CT molecular complexity index is 769. The van der Waals surface area contributed by atoms with Gasteiger partial charge in [-0.25, -0.2) is 0 Å². The highest BCUT2D eigenvalue weighted by atomic mass is 16.1. The molecule has 0 aliphatic carbocycles. The van der Waals surface area contributed by atoms with Crippen molar-refractivity contribution in [1.82, 2.24) is 15.1 Å². The number of nitrogens with zero attached hydrogens (tertiary/aromatic N) is 3. The summed E-state index contributed by atoms with van der Waals surface area (Å²) in [5, 5.41) is 16.3. The Kier molecular flexibility index (Phi) is 3.68. The van der Waals surface area contributed by atoms with Gasteiger partial charge in [-0.3, -0.25) is 9.48 Å². The smallest absolute Gasteiger partial charge is 0.216 e. The molecule has 1 atom stereocenters. The molecule has 1 N–H and O–H groups in total. The largest absolute Gasteiger partial charge is 0.356 e. The molecule has 1 aromatic heterocycles. The molecule has 5 nitrogen and oxygen atoms in total. The van der Waals surface area contributed by atoms with Gasteiger partial charge < -0.3 is 5.32 Å². The SMILES string of the molecule is CC(=O)NCC1Cc2c(-c3ccc(C#N)cc3C)cnn2C1. The lowest BCUT2D eigenvalue weighted by Crippen LogP contribution is -2.27. The maximum absolute atomic E-state index is 11.0. The predicted octanol–water partition coefficient (Wildman–Crippen LogP) is 2.04. The molecule has 1 aliphatic heterocycles. The first kappa shape index (κ1) is 14.3. The van der Waals surface area contributed by atoms with Crippen molar-refractivity contribution < 1.29 is 4.79 Å². The molecule has 2 heterocycles. The molecule has 1 unspecified atom stereocenters. The summed E-state index contributed by atoms with van der Waals surface area (Å²) < 4.78 is 2.03. The Balaban J connectivity index is 1.85. The van der Waals surface area contributed by atoms with Crippen LogP contribution >= 0.6 is 0 Å². The van der Waals surface area contributed by atoms with Gasteiger partial charge in [-0.2, -0.15) is 10.4 Å². The first-order valence-electron chi connectivity index (χ1n) is 7.38. The molecule has 1 aromatic carbocycles. The van der Waals surface area contributed by atoms with Gasteiger partial charge in [0.25, 0.3) is 0 Å². The van der Waals surface area contributed by atoms with E-state index in [9.17, 15) is 4.79 Å². The molecular formula is C17H18N4O. The first-order valence-corrected chi connectivity index (χ1v) is 7.38. The number of carbonyl (C=O) groups excluding carboxylic acids is 1. The molecule has 0 spiro atoms. The van der Waals surface area contributed by atoms with Gasteiger partial charge in [-0.15, -0.1) is 0 Å². The van der Waals surface area contributed by atoms with Crippen LogP contribution in [-0.4, -0.2) is 22.2 Å². The zero-order valence-electron chi connectivity index (χ0n) is 12.8. The highest BCUT2D eigenvalue weighted by molar-refractivity contribution is 5.73. The Morgan fingerprint density at radius 3 is 3.00 bits per heavy atom. The standard InChI is InChI=1S/C17H18N4O/c1-11-5-13(7-18)3-4-15(11)16-9-20-21-10-14(6-17(16)21)8-19-12(2)22/h3-5,9,14H,6,8,10H2,1-2H3,(H,19,22). The molecule has 3 rings (SSSR count). The van der Waals surface area contributed by atoms with E-state index in [0.717, 1.165) is 29.7 Å². The summed E-state index contributed by atoms with van der Waals surface area (Å²) in [5.74, 6) is 0.401. The maximum Gasteiger partial charge on any atom is 0.216 e. The fourth-order valence-electron chi connectivity index (χ4n) is 3.05. The molecule has 0 radical (unpaired) electrons. The molecule has 0 fully saturated rings. The van der Waals surface area contributed by atoms with Crippen LogP contribution in [0.3, 0.4) is 0 Å². The van der Waals surface area contributed by atoms with Crippen molar-refractivity contribution >= 4 is 5.91 Å². The van der Waals surface area contributed by atoms with Crippen molar-refractivity contribution in [2.45, 2.75) is 26.8 Å². The molecular weight excluding hydrogens is 276 g/mol. The number of rotatable bonds is 3. The van der Waals surface area contributed by atoms with Gasteiger partial charge in [0, 0.05) is 37.2 Å². The number of fused-ring (bicyclic) bond motifs is 1. The van der Waals surface area contributed by atoms with Crippen LogP contribution in [0.4, 0.5) is 0 Å². The zero-order chi connectivity index (χ0) is 15.7. The molecule has 1 amide bonds. The van der Waals surface area contributed by atoms with Crippen LogP contribution in [-0.2, 0) is 17.8 Å². The highest BCUT2D eigenvalue weighted by Crippen LogP contribution is 2.32. The van der Waals surface area contributed by atoms with Crippen LogP contribution in [0.5, 0.6) is 0 Å². The van der Waals surface area contributed by atoms with E-state index in [4.69, 9.17) is 5.26 Å². The predicted molar refractivity (Wildman–Crippen MR) is 83.0 cm³/mol. The van der Waals surface area contributed by atoms with Gasteiger partial charge in [0.2, 0.25) is 5.91 Å². The summed E-state index contributed by atoms with van der Waals surface area (Å²) in [4.78, 5) is 11.0. The van der Waals surface area contributed by atoms with Crippen LogP contribution in [0.25, 0.3) is 11.1 Å². The number of aromatic nitrogens is 2. The number of hydrogen-bond donors (Lipinski definition) is 1. The van der Waals surface area contributed by atoms with Crippen LogP contribution in [0.15, 0.2) is 24.4 Å². The number of hydrogen-bond acceptors (Lipinski definition) is 3. The molecule has 0 saturated heterocycles. The minimum atomic E-state index is 0.00713. The number of aryl methyl sites for hydroxylation is 1. The lowest BCUT2D eigenvalue weighted by molar-refractivity contribution is -0.119. The van der Waals surface area contributed by atoms with E-state index in [1.807, 2.05) is 36.0 Å². The summed E-state index contributed by atoms with van der Waals surface area (Å²) in [5.41, 5.74) is 5.23. The van der Waals surface area contributed by atoms with Crippen LogP contribution in [0.1, 0.15) is 23.7 Å². The third-order valence-electron chi connectivity index (χ3n) is 4.15. The summed E-state index contributed by atoms with van der Waals surface area (Å²) >= 11 is 0. The summed E-state index contributed by atoms with van der Waals surface area (Å²) in [6.07, 6.45) is 2.81. The average Bonchev–Trinajstić information content (AvgIpc) is 3.05. The monoisotopic (exact) mass is 294 g/mol. The van der Waals surface area contributed by atoms with Crippen molar-refractivity contribution in [2.75, 3.05) is 6.54 Å². The lowest BCUT2D eigenvalue weighted by atomic mass is 9.96. The van der Waals surface area contributed by atoms with Crippen LogP contribution in [0.2, 0.25) is 0 Å². The maximum atomic E-state index is 11.0. The quantitative estimate of drug-likeness (QED) is 0.941. The second-order valence-electron chi connectivity index (χ2n) is 5.84. The van der Waals surface area contributed by atoms with Crippen molar-refractivity contribution in [3.8, 4) is 17.2 Å². The molecule has 5 heteroatoms. The van der Waals surface area contributed by atoms with Gasteiger partial charge in [-0.05, 0) is 36.6 Å². The van der Waals surface area contributed by atoms with Crippen molar-refractivity contribution in [1.29, 1.82) is 5.26 Å². The lowest BCUT2D eigenvalue weighted by Gasteiger charge is -2.09. The van der Waals surface area contributed by atoms with Gasteiger partial charge >= 0.3 is 0 Å². The average molecular weight is 294 g/mol. The fraction of sp³-hybridized carbons (Fsp3) is 0.353. The molecule has 0 bridgehead atoms. The Labute approximate surface area is 129 Å². The number of nitriles is 1. The number of amides is 1. The summed E-state index contributed by atoms with van der Waals surface area (Å²) in [6, 6.07) is 7.91. The van der Waals surface area contributed by atoms with Crippen molar-refractivity contribution in [2.24, 2.45) is 5.92 Å². The summed E-state index contributed by atoms with van der Waals surface area (Å²) in [6.45, 7) is 5.08. The molecule has 1 aliphatic rings. The van der Waals surface area contributed by atoms with E-state index in [-0.39, 0.29) is 5.91 Å². The minimum absolute atomic E-state index is 0.00713. The Hall–Kier alpha value is -2.61. The van der Waals surface area contributed by atoms with Gasteiger partial charge in [0.15, 0.2) is 0 Å². The second-order valence-corrected chi connectivity index (χ2v) is 5.84. The number of nitrogens with one attached hydrogen (secondary N) is 1. The molecule has 112 valence electrons. The Morgan fingerprint density at radius 1 is 1.50 bits per heavy atom. The van der Waals surface area contributed by atoms with E-state index < -0.39 is 0 Å². The fourth-order valence-corrected chi connectivity index (χ4v) is 3.05. The molecule has 0 saturated carbocycles. The Morgan fingerprint density at radius 2 is 2.32 bits per heavy atom. The first-order chi connectivity index (χ1) is 10.6. The number of benzene rings is 1. The number of carbonyl (C=O) groups is 1. The van der Waals surface area contributed by atoms with Crippen molar-refractivity contribution in [3.05, 3.63) is 41.2 Å². The van der Waals surface area contributed by atoms with Gasteiger partial charge in [0.05, 0.1) is 17.8 Å². The van der Waals surface area contributed by atoms with E-state index in [1.165, 1.54) is 5.69 Å². The highest BCUT2D eigenvalue weighted by Gasteiger charge is 2.26. The van der Waals surface area contributed by atoms with E-state index in [1.54, 1.807) is 6.92 Å². The van der Waals surface area contributed by atoms with Crippen LogP contribution < -0.4 is 5.32 Å². The van der Waals surface area contributed by atoms with Gasteiger partial charge in [-0.1, -0.05) is 6.07 Å². The van der Waals surface area contributed by atoms with Gasteiger partial charge in [0.1, 0.15) is 0 Å². The minimum Gasteiger partial charge on any atom is -0.356 e. The normalized spacial score (nSPS) is 16.1. The zero-order valence-corrected chi connectivity index (χ0v) is 12.8. The van der Waals surface area contributed by atoms with E-state index in [0.29, 0.717) is 18.0 Å².